The maximum absolute atomic E-state index is 15.4. The van der Waals surface area contributed by atoms with E-state index in [1.165, 1.54) is 52.4 Å². The van der Waals surface area contributed by atoms with Gasteiger partial charge in [-0.2, -0.15) is 0 Å². The van der Waals surface area contributed by atoms with Crippen molar-refractivity contribution in [1.82, 2.24) is 5.32 Å². The second-order valence-corrected chi connectivity index (χ2v) is 23.2. The standard InChI is InChI=1S/C62H85NO17/c1-8-9-10-11-12-13-14-15-16-17-18-19-20-21-28-33-48-73-36-44(77-48)37-74-58(71)79-52(50(42-29-24-22-25-30-42)63-56(69)43-31-26-23-27-32-43)57(70)78-45-35-62(72)55(68)53-60(7,46(66)34-47-61(53,38-75-47)80-41(4)65)54(67)51(76-40(3)64)49(39(45)2)59(62,5)6/h15-16,22-27,29-32,44-48,50-53,55,66,68,72H,8-14,17-21,28,33-38H2,1-7H3,(H,63,69)/b16-15-/t44-,45-,46-,47+,48-,50-,51+,52+,53?,55-,60+,61-,62+/m0/s1. The van der Waals surface area contributed by atoms with Crippen LogP contribution < -0.4 is 5.32 Å². The number of rotatable bonds is 26. The molecule has 0 spiro atoms. The number of fused-ring (bicyclic) bond motifs is 5. The van der Waals surface area contributed by atoms with Crippen LogP contribution in [0.5, 0.6) is 0 Å². The van der Waals surface area contributed by atoms with E-state index in [9.17, 15) is 34.5 Å². The molecule has 2 saturated carbocycles. The van der Waals surface area contributed by atoms with Gasteiger partial charge in [-0.05, 0) is 81.2 Å². The summed E-state index contributed by atoms with van der Waals surface area (Å²) in [5.41, 5.74) is -7.17. The lowest BCUT2D eigenvalue weighted by atomic mass is 9.44. The van der Waals surface area contributed by atoms with Crippen molar-refractivity contribution in [1.29, 1.82) is 0 Å². The molecule has 7 rings (SSSR count). The summed E-state index contributed by atoms with van der Waals surface area (Å²) in [5, 5.41) is 41.0. The van der Waals surface area contributed by atoms with Gasteiger partial charge in [0.25, 0.3) is 5.91 Å². The zero-order chi connectivity index (χ0) is 57.8. The van der Waals surface area contributed by atoms with Gasteiger partial charge < -0.3 is 58.5 Å². The van der Waals surface area contributed by atoms with Gasteiger partial charge in [-0.3, -0.25) is 19.2 Å². The molecule has 0 aromatic heterocycles. The van der Waals surface area contributed by atoms with E-state index in [1.54, 1.807) is 74.5 Å². The third-order valence-corrected chi connectivity index (χ3v) is 17.4. The van der Waals surface area contributed by atoms with Crippen LogP contribution in [0.3, 0.4) is 0 Å². The number of carbonyl (C=O) groups is 6. The van der Waals surface area contributed by atoms with E-state index in [0.29, 0.717) is 12.0 Å². The topological polar surface area (TPSA) is 249 Å². The number of carbonyl (C=O) groups excluding carboxylic acids is 6. The lowest BCUT2D eigenvalue weighted by Crippen LogP contribution is -2.81. The van der Waals surface area contributed by atoms with E-state index in [-0.39, 0.29) is 43.0 Å². The summed E-state index contributed by atoms with van der Waals surface area (Å²) in [6.07, 6.45) is 7.52. The van der Waals surface area contributed by atoms with Gasteiger partial charge in [0.05, 0.1) is 30.8 Å². The van der Waals surface area contributed by atoms with Crippen LogP contribution in [0.1, 0.15) is 173 Å². The van der Waals surface area contributed by atoms with E-state index in [2.05, 4.69) is 24.4 Å². The maximum Gasteiger partial charge on any atom is 0.509 e. The van der Waals surface area contributed by atoms with Gasteiger partial charge in [0.2, 0.25) is 6.10 Å². The minimum atomic E-state index is -2.41. The van der Waals surface area contributed by atoms with Crippen molar-refractivity contribution in [3.63, 3.8) is 0 Å². The van der Waals surface area contributed by atoms with Crippen molar-refractivity contribution < 1.29 is 82.0 Å². The fraction of sp³-hybridized carbons (Fsp3) is 0.645. The number of ketones is 1. The third-order valence-electron chi connectivity index (χ3n) is 17.4. The highest BCUT2D eigenvalue weighted by Gasteiger charge is 2.77. The Balaban J connectivity index is 1.09. The molecule has 2 aromatic rings. The Morgan fingerprint density at radius 1 is 0.812 bits per heavy atom. The Hall–Kier alpha value is -5.50. The van der Waals surface area contributed by atoms with Crippen LogP contribution in [0.2, 0.25) is 0 Å². The highest BCUT2D eigenvalue weighted by molar-refractivity contribution is 5.96. The van der Waals surface area contributed by atoms with Crippen molar-refractivity contribution in [3.05, 3.63) is 95.1 Å². The molecule has 440 valence electrons. The minimum Gasteiger partial charge on any atom is -0.455 e. The molecule has 2 saturated heterocycles. The van der Waals surface area contributed by atoms with Crippen molar-refractivity contribution in [2.75, 3.05) is 19.8 Å². The molecule has 4 fully saturated rings. The maximum atomic E-state index is 15.4. The molecule has 3 aliphatic carbocycles. The number of aliphatic hydroxyl groups excluding tert-OH is 2. The number of ether oxygens (including phenoxy) is 8. The molecule has 1 amide bonds. The number of amides is 1. The minimum absolute atomic E-state index is 0.0214. The average molecular weight is 1120 g/mol. The molecule has 1 unspecified atom stereocenters. The van der Waals surface area contributed by atoms with Crippen LogP contribution in [-0.4, -0.2) is 131 Å². The lowest BCUT2D eigenvalue weighted by Gasteiger charge is -2.67. The molecule has 80 heavy (non-hydrogen) atoms. The summed E-state index contributed by atoms with van der Waals surface area (Å²) in [7, 11) is 0. The first-order chi connectivity index (χ1) is 38.2. The monoisotopic (exact) mass is 1120 g/mol. The Morgan fingerprint density at radius 3 is 2.05 bits per heavy atom. The Labute approximate surface area is 470 Å². The first-order valence-electron chi connectivity index (χ1n) is 28.9. The van der Waals surface area contributed by atoms with Crippen LogP contribution in [0.25, 0.3) is 0 Å². The number of hydrogen-bond donors (Lipinski definition) is 4. The molecule has 2 bridgehead atoms. The van der Waals surface area contributed by atoms with Gasteiger partial charge in [0.15, 0.2) is 23.8 Å². The van der Waals surface area contributed by atoms with E-state index >= 15 is 9.59 Å². The number of allylic oxidation sites excluding steroid dienone is 2. The first kappa shape index (κ1) is 62.1. The Morgan fingerprint density at radius 2 is 1.44 bits per heavy atom. The van der Waals surface area contributed by atoms with Crippen molar-refractivity contribution >= 4 is 35.8 Å². The molecule has 2 heterocycles. The fourth-order valence-electron chi connectivity index (χ4n) is 12.8. The summed E-state index contributed by atoms with van der Waals surface area (Å²) < 4.78 is 47.3. The zero-order valence-corrected chi connectivity index (χ0v) is 47.7. The molecule has 13 atom stereocenters. The molecule has 18 nitrogen and oxygen atoms in total. The first-order valence-corrected chi connectivity index (χ1v) is 28.9. The zero-order valence-electron chi connectivity index (χ0n) is 47.7. The molecule has 2 aliphatic heterocycles. The quantitative estimate of drug-likeness (QED) is 0.0297. The largest absolute Gasteiger partial charge is 0.509 e. The summed E-state index contributed by atoms with van der Waals surface area (Å²) in [4.78, 5) is 84.3. The number of aliphatic hydroxyl groups is 3. The SMILES string of the molecule is CCCCCCCC/C=C\CCCCCCC[C@H]1OC[C@@H](COC(=O)O[C@@H](C(=O)O[C@H]2C[C@@]3(O)[C@@H](O)C4[C@](C)(C(=O)[C@H](OC(C)=O)C(=C2C)C3(C)C)[C@@H](O)C[C@H]2OC[C@@]42OC(C)=O)[C@@H](NC(=O)c2ccccc2)c2ccccc2)O1. The fourth-order valence-corrected chi connectivity index (χ4v) is 12.8. The van der Waals surface area contributed by atoms with Crippen molar-refractivity contribution in [3.8, 4) is 0 Å². The second-order valence-electron chi connectivity index (χ2n) is 23.2. The van der Waals surface area contributed by atoms with E-state index < -0.39 is 125 Å². The molecular weight excluding hydrogens is 1030 g/mol. The number of benzene rings is 2. The average Bonchev–Trinajstić information content (AvgIpc) is 3.97. The number of nitrogens with one attached hydrogen (secondary N) is 1. The van der Waals surface area contributed by atoms with Gasteiger partial charge in [-0.1, -0.05) is 133 Å². The molecule has 2 aromatic carbocycles. The normalized spacial score (nSPS) is 30.4. The summed E-state index contributed by atoms with van der Waals surface area (Å²) >= 11 is 0. The van der Waals surface area contributed by atoms with Gasteiger partial charge in [-0.15, -0.1) is 0 Å². The molecule has 18 heteroatoms. The summed E-state index contributed by atoms with van der Waals surface area (Å²) in [6.45, 7) is 10.00. The molecule has 0 radical (unpaired) electrons. The molecular formula is C62H85NO17. The number of hydrogen-bond acceptors (Lipinski definition) is 17. The van der Waals surface area contributed by atoms with Crippen LogP contribution in [0, 0.1) is 16.7 Å². The van der Waals surface area contributed by atoms with Gasteiger partial charge in [0, 0.05) is 43.6 Å². The van der Waals surface area contributed by atoms with Gasteiger partial charge >= 0.3 is 24.1 Å². The van der Waals surface area contributed by atoms with Crippen LogP contribution in [-0.2, 0) is 57.1 Å². The predicted octanol–water partition coefficient (Wildman–Crippen LogP) is 8.81. The van der Waals surface area contributed by atoms with Crippen LogP contribution in [0.4, 0.5) is 4.79 Å². The van der Waals surface area contributed by atoms with Crippen LogP contribution in [0.15, 0.2) is 84.0 Å². The lowest BCUT2D eigenvalue weighted by molar-refractivity contribution is -0.346. The van der Waals surface area contributed by atoms with E-state index in [1.807, 2.05) is 0 Å². The van der Waals surface area contributed by atoms with Crippen molar-refractivity contribution in [2.24, 2.45) is 16.7 Å². The van der Waals surface area contributed by atoms with E-state index in [4.69, 9.17) is 37.9 Å². The van der Waals surface area contributed by atoms with Gasteiger partial charge in [-0.25, -0.2) is 9.59 Å². The third kappa shape index (κ3) is 13.7. The predicted molar refractivity (Wildman–Crippen MR) is 292 cm³/mol. The van der Waals surface area contributed by atoms with Crippen molar-refractivity contribution in [2.45, 2.75) is 217 Å². The highest BCUT2D eigenvalue weighted by Crippen LogP contribution is 2.63. The smallest absolute Gasteiger partial charge is 0.455 e. The number of esters is 3. The number of Topliss-reactive ketones (excluding diaryl/α,β-unsaturated/α-hetero) is 1. The van der Waals surface area contributed by atoms with Gasteiger partial charge in [0.1, 0.15) is 36.6 Å². The second kappa shape index (κ2) is 27.5. The van der Waals surface area contributed by atoms with Crippen LogP contribution >= 0.6 is 0 Å². The molecule has 4 N–H and O–H groups in total. The Bertz CT molecular complexity index is 2520. The Kier molecular flexibility index (Phi) is 21.4. The van der Waals surface area contributed by atoms with E-state index in [0.717, 1.165) is 58.8 Å². The molecule has 5 aliphatic rings. The summed E-state index contributed by atoms with van der Waals surface area (Å²) in [6, 6.07) is 15.0. The number of unbranched alkanes of at least 4 members (excludes halogenated alkanes) is 11. The highest BCUT2D eigenvalue weighted by atomic mass is 16.8. The summed E-state index contributed by atoms with van der Waals surface area (Å²) in [5.74, 6) is -5.97.